The van der Waals surface area contributed by atoms with Crippen LogP contribution in [0.4, 0.5) is 5.69 Å². The van der Waals surface area contributed by atoms with Gasteiger partial charge in [-0.2, -0.15) is 0 Å². The SMILES string of the molecule is CC(C)CCn1cc(S(N)(=O)=O)c2c(N)cccc21. The van der Waals surface area contributed by atoms with Crippen molar-refractivity contribution in [2.75, 3.05) is 5.73 Å². The summed E-state index contributed by atoms with van der Waals surface area (Å²) in [4.78, 5) is 0.101. The zero-order valence-corrected chi connectivity index (χ0v) is 11.9. The summed E-state index contributed by atoms with van der Waals surface area (Å²) in [5.41, 5.74) is 7.13. The molecule has 1 aromatic carbocycles. The second kappa shape index (κ2) is 4.86. The number of aryl methyl sites for hydroxylation is 1. The number of nitrogens with two attached hydrogens (primary N) is 2. The van der Waals surface area contributed by atoms with Crippen LogP contribution in [0.15, 0.2) is 29.3 Å². The molecule has 5 nitrogen and oxygen atoms in total. The molecule has 6 heteroatoms. The van der Waals surface area contributed by atoms with E-state index in [1.54, 1.807) is 12.3 Å². The van der Waals surface area contributed by atoms with Crippen molar-refractivity contribution in [1.82, 2.24) is 4.57 Å². The number of hydrogen-bond acceptors (Lipinski definition) is 3. The molecule has 104 valence electrons. The van der Waals surface area contributed by atoms with Crippen molar-refractivity contribution in [2.45, 2.75) is 31.7 Å². The minimum atomic E-state index is -3.77. The third-order valence-corrected chi connectivity index (χ3v) is 4.08. The molecule has 0 spiro atoms. The fourth-order valence-electron chi connectivity index (χ4n) is 2.14. The molecule has 0 unspecified atom stereocenters. The first kappa shape index (κ1) is 13.9. The average molecular weight is 281 g/mol. The second-order valence-corrected chi connectivity index (χ2v) is 6.69. The Morgan fingerprint density at radius 2 is 2.00 bits per heavy atom. The van der Waals surface area contributed by atoms with Crippen molar-refractivity contribution in [2.24, 2.45) is 11.1 Å². The van der Waals surface area contributed by atoms with E-state index in [4.69, 9.17) is 10.9 Å². The van der Waals surface area contributed by atoms with Gasteiger partial charge in [0.25, 0.3) is 0 Å². The van der Waals surface area contributed by atoms with E-state index in [0.717, 1.165) is 18.5 Å². The quantitative estimate of drug-likeness (QED) is 0.839. The number of fused-ring (bicyclic) bond motifs is 1. The first-order valence-corrected chi connectivity index (χ1v) is 7.75. The van der Waals surface area contributed by atoms with Crippen LogP contribution in [0.2, 0.25) is 0 Å². The van der Waals surface area contributed by atoms with Crippen LogP contribution in [0.1, 0.15) is 20.3 Å². The molecule has 0 aliphatic rings. The highest BCUT2D eigenvalue weighted by Gasteiger charge is 2.19. The first-order chi connectivity index (χ1) is 8.80. The number of benzene rings is 1. The van der Waals surface area contributed by atoms with Crippen LogP contribution < -0.4 is 10.9 Å². The number of nitrogens with zero attached hydrogens (tertiary/aromatic N) is 1. The van der Waals surface area contributed by atoms with Crippen LogP contribution in [-0.2, 0) is 16.6 Å². The molecule has 0 saturated carbocycles. The zero-order valence-electron chi connectivity index (χ0n) is 11.1. The fourth-order valence-corrected chi connectivity index (χ4v) is 2.92. The number of sulfonamides is 1. The monoisotopic (exact) mass is 281 g/mol. The molecule has 0 bridgehead atoms. The molecule has 1 heterocycles. The van der Waals surface area contributed by atoms with Crippen molar-refractivity contribution in [3.63, 3.8) is 0 Å². The van der Waals surface area contributed by atoms with Gasteiger partial charge in [0.2, 0.25) is 10.0 Å². The number of nitrogen functional groups attached to an aromatic ring is 1. The topological polar surface area (TPSA) is 91.1 Å². The van der Waals surface area contributed by atoms with Gasteiger partial charge in [-0.05, 0) is 24.5 Å². The standard InChI is InChI=1S/C13H19N3O2S/c1-9(2)6-7-16-8-12(19(15,17)18)13-10(14)4-3-5-11(13)16/h3-5,8-9H,6-7,14H2,1-2H3,(H2,15,17,18). The summed E-state index contributed by atoms with van der Waals surface area (Å²) in [7, 11) is -3.77. The number of hydrogen-bond donors (Lipinski definition) is 2. The Bertz CT molecular complexity index is 702. The summed E-state index contributed by atoms with van der Waals surface area (Å²) in [5.74, 6) is 0.538. The highest BCUT2D eigenvalue weighted by atomic mass is 32.2. The van der Waals surface area contributed by atoms with Gasteiger partial charge in [-0.3, -0.25) is 0 Å². The Hall–Kier alpha value is -1.53. The van der Waals surface area contributed by atoms with Crippen LogP contribution in [0.5, 0.6) is 0 Å². The maximum absolute atomic E-state index is 11.7. The van der Waals surface area contributed by atoms with E-state index in [9.17, 15) is 8.42 Å². The largest absolute Gasteiger partial charge is 0.398 e. The van der Waals surface area contributed by atoms with Crippen LogP contribution >= 0.6 is 0 Å². The Morgan fingerprint density at radius 1 is 1.32 bits per heavy atom. The van der Waals surface area contributed by atoms with Crippen molar-refractivity contribution in [3.05, 3.63) is 24.4 Å². The van der Waals surface area contributed by atoms with Gasteiger partial charge in [-0.15, -0.1) is 0 Å². The van der Waals surface area contributed by atoms with Crippen LogP contribution in [0, 0.1) is 5.92 Å². The third-order valence-electron chi connectivity index (χ3n) is 3.16. The van der Waals surface area contributed by atoms with Crippen molar-refractivity contribution in [3.8, 4) is 0 Å². The highest BCUT2D eigenvalue weighted by molar-refractivity contribution is 7.89. The van der Waals surface area contributed by atoms with Gasteiger partial charge in [-0.1, -0.05) is 19.9 Å². The number of primary sulfonamides is 1. The lowest BCUT2D eigenvalue weighted by molar-refractivity contribution is 0.523. The van der Waals surface area contributed by atoms with Crippen molar-refractivity contribution < 1.29 is 8.42 Å². The molecule has 0 atom stereocenters. The molecule has 19 heavy (non-hydrogen) atoms. The molecular formula is C13H19N3O2S. The second-order valence-electron chi connectivity index (χ2n) is 5.16. The van der Waals surface area contributed by atoms with Gasteiger partial charge in [0.05, 0.1) is 5.52 Å². The minimum Gasteiger partial charge on any atom is -0.398 e. The molecule has 0 aliphatic carbocycles. The Balaban J connectivity index is 2.64. The lowest BCUT2D eigenvalue weighted by atomic mass is 10.1. The van der Waals surface area contributed by atoms with E-state index in [1.807, 2.05) is 16.7 Å². The highest BCUT2D eigenvalue weighted by Crippen LogP contribution is 2.30. The van der Waals surface area contributed by atoms with Gasteiger partial charge in [0.15, 0.2) is 0 Å². The van der Waals surface area contributed by atoms with E-state index < -0.39 is 10.0 Å². The van der Waals surface area contributed by atoms with E-state index in [-0.39, 0.29) is 4.90 Å². The summed E-state index contributed by atoms with van der Waals surface area (Å²) < 4.78 is 25.2. The van der Waals surface area contributed by atoms with Gasteiger partial charge >= 0.3 is 0 Å². The lowest BCUT2D eigenvalue weighted by Crippen LogP contribution is -2.12. The van der Waals surface area contributed by atoms with Gasteiger partial charge in [0.1, 0.15) is 4.90 Å². The predicted octanol–water partition coefficient (Wildman–Crippen LogP) is 1.92. The normalized spacial score (nSPS) is 12.4. The maximum atomic E-state index is 11.7. The van der Waals surface area contributed by atoms with Gasteiger partial charge in [-0.25, -0.2) is 13.6 Å². The zero-order chi connectivity index (χ0) is 14.2. The van der Waals surface area contributed by atoms with Crippen molar-refractivity contribution >= 4 is 26.6 Å². The number of anilines is 1. The number of aromatic nitrogens is 1. The fraction of sp³-hybridized carbons (Fsp3) is 0.385. The van der Waals surface area contributed by atoms with Crippen LogP contribution in [-0.4, -0.2) is 13.0 Å². The Kier molecular flexibility index (Phi) is 3.56. The van der Waals surface area contributed by atoms with Crippen LogP contribution in [0.3, 0.4) is 0 Å². The molecule has 2 rings (SSSR count). The summed E-state index contributed by atoms with van der Waals surface area (Å²) in [6.45, 7) is 4.99. The van der Waals surface area contributed by atoms with Gasteiger partial charge in [0, 0.05) is 23.8 Å². The molecule has 0 aliphatic heterocycles. The summed E-state index contributed by atoms with van der Waals surface area (Å²) >= 11 is 0. The first-order valence-electron chi connectivity index (χ1n) is 6.21. The molecule has 0 fully saturated rings. The smallest absolute Gasteiger partial charge is 0.240 e. The Morgan fingerprint density at radius 3 is 2.58 bits per heavy atom. The lowest BCUT2D eigenvalue weighted by Gasteiger charge is -2.07. The van der Waals surface area contributed by atoms with E-state index in [0.29, 0.717) is 17.0 Å². The average Bonchev–Trinajstić information content (AvgIpc) is 2.66. The predicted molar refractivity (Wildman–Crippen MR) is 77.2 cm³/mol. The Labute approximate surface area is 113 Å². The number of rotatable bonds is 4. The van der Waals surface area contributed by atoms with E-state index >= 15 is 0 Å². The third kappa shape index (κ3) is 2.74. The van der Waals surface area contributed by atoms with E-state index in [2.05, 4.69) is 13.8 Å². The van der Waals surface area contributed by atoms with E-state index in [1.165, 1.54) is 0 Å². The van der Waals surface area contributed by atoms with Crippen LogP contribution in [0.25, 0.3) is 10.9 Å². The summed E-state index contributed by atoms with van der Waals surface area (Å²) in [6, 6.07) is 5.36. The molecular weight excluding hydrogens is 262 g/mol. The molecule has 2 aromatic rings. The molecule has 0 saturated heterocycles. The molecule has 1 aromatic heterocycles. The molecule has 4 N–H and O–H groups in total. The maximum Gasteiger partial charge on any atom is 0.240 e. The summed E-state index contributed by atoms with van der Waals surface area (Å²) in [6.07, 6.45) is 2.54. The molecule has 0 amide bonds. The van der Waals surface area contributed by atoms with Gasteiger partial charge < -0.3 is 10.3 Å². The minimum absolute atomic E-state index is 0.101. The summed E-state index contributed by atoms with van der Waals surface area (Å²) in [5, 5.41) is 5.79. The molecule has 0 radical (unpaired) electrons. The van der Waals surface area contributed by atoms with Crippen molar-refractivity contribution in [1.29, 1.82) is 0 Å².